The van der Waals surface area contributed by atoms with Crippen LogP contribution in [0.4, 0.5) is 0 Å². The molecule has 1 heterocycles. The Kier molecular flexibility index (Phi) is 5.43. The largest absolute Gasteiger partial charge is 0.507 e. The molecule has 0 aliphatic rings. The van der Waals surface area contributed by atoms with Gasteiger partial charge in [0.25, 0.3) is 0 Å². The van der Waals surface area contributed by atoms with Gasteiger partial charge in [0.1, 0.15) is 5.75 Å². The van der Waals surface area contributed by atoms with Crippen LogP contribution in [0.3, 0.4) is 0 Å². The lowest BCUT2D eigenvalue weighted by Gasteiger charge is -2.07. The van der Waals surface area contributed by atoms with Crippen LogP contribution in [-0.4, -0.2) is 21.8 Å². The summed E-state index contributed by atoms with van der Waals surface area (Å²) < 4.78 is 2.07. The van der Waals surface area contributed by atoms with E-state index in [-0.39, 0.29) is 18.1 Å². The Bertz CT molecular complexity index is 1190. The number of aromatic hydroxyl groups is 1. The molecule has 0 saturated carbocycles. The van der Waals surface area contributed by atoms with Crippen molar-refractivity contribution in [2.75, 3.05) is 0 Å². The predicted octanol–water partition coefficient (Wildman–Crippen LogP) is 5.35. The number of halogens is 2. The first-order valence-electron chi connectivity index (χ1n) is 9.00. The van der Waals surface area contributed by atoms with Crippen molar-refractivity contribution in [3.63, 3.8) is 0 Å². The zero-order valence-corrected chi connectivity index (χ0v) is 16.8. The summed E-state index contributed by atoms with van der Waals surface area (Å²) in [7, 11) is 0. The van der Waals surface area contributed by atoms with Crippen LogP contribution in [0.2, 0.25) is 10.0 Å². The molecule has 2 N–H and O–H groups in total. The Morgan fingerprint density at radius 1 is 1.00 bits per heavy atom. The van der Waals surface area contributed by atoms with Crippen molar-refractivity contribution >= 4 is 57.1 Å². The van der Waals surface area contributed by atoms with Gasteiger partial charge in [0, 0.05) is 50.4 Å². The number of para-hydroxylation sites is 1. The SMILES string of the molecule is O=C(CCn1c2ccc(Cl)cc2c2cc(Cl)ccc21)N/N=C\c1ccccc1O. The number of rotatable bonds is 5. The summed E-state index contributed by atoms with van der Waals surface area (Å²) in [5.41, 5.74) is 5.00. The highest BCUT2D eigenvalue weighted by Gasteiger charge is 2.12. The summed E-state index contributed by atoms with van der Waals surface area (Å²) >= 11 is 12.3. The number of fused-ring (bicyclic) bond motifs is 3. The van der Waals surface area contributed by atoms with E-state index in [9.17, 15) is 9.90 Å². The molecule has 0 aliphatic carbocycles. The number of hydrazone groups is 1. The Morgan fingerprint density at radius 2 is 1.62 bits per heavy atom. The molecular weight excluding hydrogens is 409 g/mol. The Labute approximate surface area is 177 Å². The van der Waals surface area contributed by atoms with E-state index in [4.69, 9.17) is 23.2 Å². The van der Waals surface area contributed by atoms with Crippen molar-refractivity contribution in [3.05, 3.63) is 76.3 Å². The quantitative estimate of drug-likeness (QED) is 0.334. The van der Waals surface area contributed by atoms with Crippen LogP contribution >= 0.6 is 23.2 Å². The Morgan fingerprint density at radius 3 is 2.24 bits per heavy atom. The molecular formula is C22H17Cl2N3O2. The van der Waals surface area contributed by atoms with Crippen LogP contribution in [0, 0.1) is 0 Å². The minimum atomic E-state index is -0.227. The monoisotopic (exact) mass is 425 g/mol. The van der Waals surface area contributed by atoms with E-state index in [1.807, 2.05) is 36.4 Å². The number of phenolic OH excluding ortho intramolecular Hbond substituents is 1. The van der Waals surface area contributed by atoms with E-state index in [1.165, 1.54) is 6.21 Å². The molecule has 0 bridgehead atoms. The fourth-order valence-corrected chi connectivity index (χ4v) is 3.67. The average Bonchev–Trinajstić information content (AvgIpc) is 3.00. The summed E-state index contributed by atoms with van der Waals surface area (Å²) in [6, 6.07) is 18.1. The summed E-state index contributed by atoms with van der Waals surface area (Å²) in [4.78, 5) is 12.3. The van der Waals surface area contributed by atoms with Crippen molar-refractivity contribution in [1.82, 2.24) is 9.99 Å². The number of carbonyl (C=O) groups is 1. The first-order valence-corrected chi connectivity index (χ1v) is 9.75. The van der Waals surface area contributed by atoms with Gasteiger partial charge in [-0.25, -0.2) is 5.43 Å². The molecule has 0 radical (unpaired) electrons. The van der Waals surface area contributed by atoms with E-state index >= 15 is 0 Å². The van der Waals surface area contributed by atoms with Gasteiger partial charge in [0.2, 0.25) is 5.91 Å². The van der Waals surface area contributed by atoms with Gasteiger partial charge < -0.3 is 9.67 Å². The van der Waals surface area contributed by atoms with E-state index in [1.54, 1.807) is 24.3 Å². The molecule has 0 spiro atoms. The van der Waals surface area contributed by atoms with Crippen molar-refractivity contribution in [1.29, 1.82) is 0 Å². The molecule has 0 unspecified atom stereocenters. The third kappa shape index (κ3) is 4.06. The van der Waals surface area contributed by atoms with Crippen LogP contribution in [0.25, 0.3) is 21.8 Å². The van der Waals surface area contributed by atoms with Crippen LogP contribution in [0.15, 0.2) is 65.8 Å². The van der Waals surface area contributed by atoms with Crippen molar-refractivity contribution in [2.24, 2.45) is 5.10 Å². The van der Waals surface area contributed by atoms with E-state index in [0.717, 1.165) is 21.8 Å². The first kappa shape index (κ1) is 19.3. The molecule has 0 aliphatic heterocycles. The number of phenols is 1. The molecule has 4 aromatic rings. The number of aromatic nitrogens is 1. The van der Waals surface area contributed by atoms with Crippen LogP contribution < -0.4 is 5.43 Å². The summed E-state index contributed by atoms with van der Waals surface area (Å²) in [5.74, 6) is -0.123. The Hall–Kier alpha value is -3.02. The number of nitrogens with one attached hydrogen (secondary N) is 1. The third-order valence-electron chi connectivity index (χ3n) is 4.68. The lowest BCUT2D eigenvalue weighted by molar-refractivity contribution is -0.121. The topological polar surface area (TPSA) is 66.6 Å². The third-order valence-corrected chi connectivity index (χ3v) is 5.15. The van der Waals surface area contributed by atoms with Gasteiger partial charge in [-0.15, -0.1) is 0 Å². The molecule has 4 rings (SSSR count). The standard InChI is InChI=1S/C22H17Cl2N3O2/c23-15-5-7-19-17(11-15)18-12-16(24)6-8-20(18)27(19)10-9-22(29)26-25-13-14-3-1-2-4-21(14)28/h1-8,11-13,28H,9-10H2,(H,26,29)/b25-13-. The lowest BCUT2D eigenvalue weighted by Crippen LogP contribution is -2.19. The number of benzene rings is 3. The fourth-order valence-electron chi connectivity index (χ4n) is 3.33. The molecule has 0 fully saturated rings. The maximum absolute atomic E-state index is 12.3. The van der Waals surface area contributed by atoms with E-state index < -0.39 is 0 Å². The van der Waals surface area contributed by atoms with Crippen molar-refractivity contribution in [3.8, 4) is 5.75 Å². The number of nitrogens with zero attached hydrogens (tertiary/aromatic N) is 2. The van der Waals surface area contributed by atoms with E-state index in [2.05, 4.69) is 15.1 Å². The Balaban J connectivity index is 1.53. The number of amides is 1. The second-order valence-corrected chi connectivity index (χ2v) is 7.45. The zero-order valence-electron chi connectivity index (χ0n) is 15.3. The van der Waals surface area contributed by atoms with Gasteiger partial charge in [0.05, 0.1) is 6.21 Å². The highest BCUT2D eigenvalue weighted by Crippen LogP contribution is 2.33. The molecule has 5 nitrogen and oxygen atoms in total. The van der Waals surface area contributed by atoms with Gasteiger partial charge in [-0.1, -0.05) is 35.3 Å². The van der Waals surface area contributed by atoms with E-state index in [0.29, 0.717) is 22.2 Å². The minimum Gasteiger partial charge on any atom is -0.507 e. The smallest absolute Gasteiger partial charge is 0.241 e. The molecule has 3 aromatic carbocycles. The molecule has 0 atom stereocenters. The van der Waals surface area contributed by atoms with Crippen molar-refractivity contribution in [2.45, 2.75) is 13.0 Å². The minimum absolute atomic E-state index is 0.105. The highest BCUT2D eigenvalue weighted by atomic mass is 35.5. The average molecular weight is 426 g/mol. The highest BCUT2D eigenvalue weighted by molar-refractivity contribution is 6.33. The van der Waals surface area contributed by atoms with Gasteiger partial charge in [-0.2, -0.15) is 5.10 Å². The maximum Gasteiger partial charge on any atom is 0.241 e. The molecule has 1 aromatic heterocycles. The summed E-state index contributed by atoms with van der Waals surface area (Å²) in [6.07, 6.45) is 1.65. The van der Waals surface area contributed by atoms with Gasteiger partial charge in [-0.05, 0) is 48.5 Å². The van der Waals surface area contributed by atoms with Gasteiger partial charge >= 0.3 is 0 Å². The van der Waals surface area contributed by atoms with Crippen LogP contribution in [-0.2, 0) is 11.3 Å². The molecule has 7 heteroatoms. The zero-order chi connectivity index (χ0) is 20.4. The lowest BCUT2D eigenvalue weighted by atomic mass is 10.1. The first-order chi connectivity index (χ1) is 14.0. The fraction of sp³-hybridized carbons (Fsp3) is 0.0909. The number of carbonyl (C=O) groups excluding carboxylic acids is 1. The number of hydrogen-bond acceptors (Lipinski definition) is 3. The molecule has 1 amide bonds. The van der Waals surface area contributed by atoms with Crippen molar-refractivity contribution < 1.29 is 9.90 Å². The van der Waals surface area contributed by atoms with Crippen LogP contribution in [0.1, 0.15) is 12.0 Å². The van der Waals surface area contributed by atoms with Crippen LogP contribution in [0.5, 0.6) is 5.75 Å². The molecule has 146 valence electrons. The maximum atomic E-state index is 12.3. The number of aryl methyl sites for hydroxylation is 1. The second kappa shape index (κ2) is 8.15. The predicted molar refractivity (Wildman–Crippen MR) is 118 cm³/mol. The second-order valence-electron chi connectivity index (χ2n) is 6.58. The normalized spacial score (nSPS) is 11.5. The molecule has 0 saturated heterocycles. The molecule has 29 heavy (non-hydrogen) atoms. The van der Waals surface area contributed by atoms with Gasteiger partial charge in [0.15, 0.2) is 0 Å². The summed E-state index contributed by atoms with van der Waals surface area (Å²) in [5, 5.41) is 16.9. The van der Waals surface area contributed by atoms with Gasteiger partial charge in [-0.3, -0.25) is 4.79 Å². The summed E-state index contributed by atoms with van der Waals surface area (Å²) in [6.45, 7) is 0.473. The number of hydrogen-bond donors (Lipinski definition) is 2.